The quantitative estimate of drug-likeness (QED) is 0.179. The molecule has 0 atom stereocenters. The second kappa shape index (κ2) is 13.2. The van der Waals surface area contributed by atoms with Crippen LogP contribution < -0.4 is 14.8 Å². The zero-order valence-electron chi connectivity index (χ0n) is 22.9. The predicted octanol–water partition coefficient (Wildman–Crippen LogP) is 6.22. The molecular formula is C32H25N5O4S2. The lowest BCUT2D eigenvalue weighted by atomic mass is 9.99. The maximum absolute atomic E-state index is 12.9. The number of hydrogen-bond acceptors (Lipinski definition) is 8. The SMILES string of the molecule is COc1ccc(-c2cc(-c3ccccc3)nc(SCC(=O)Nc3ccc(S(=O)(=O)Nc4ccccn4)cc3)c2C#N)cc1. The largest absolute Gasteiger partial charge is 0.497 e. The van der Waals surface area contributed by atoms with Gasteiger partial charge >= 0.3 is 0 Å². The Bertz CT molecular complexity index is 1880. The lowest BCUT2D eigenvalue weighted by molar-refractivity contribution is -0.113. The number of pyridine rings is 2. The molecule has 2 N–H and O–H groups in total. The van der Waals surface area contributed by atoms with Gasteiger partial charge in [-0.2, -0.15) is 5.26 Å². The molecule has 0 aliphatic rings. The normalized spacial score (nSPS) is 10.9. The molecule has 0 fully saturated rings. The Balaban J connectivity index is 1.34. The van der Waals surface area contributed by atoms with E-state index in [-0.39, 0.29) is 22.4 Å². The lowest BCUT2D eigenvalue weighted by Crippen LogP contribution is -2.16. The first kappa shape index (κ1) is 29.3. The van der Waals surface area contributed by atoms with Gasteiger partial charge in [0.15, 0.2) is 0 Å². The first-order chi connectivity index (χ1) is 20.9. The molecule has 5 rings (SSSR count). The molecule has 9 nitrogen and oxygen atoms in total. The Labute approximate surface area is 253 Å². The average Bonchev–Trinajstić information content (AvgIpc) is 3.04. The van der Waals surface area contributed by atoms with E-state index in [0.29, 0.717) is 33.3 Å². The molecule has 2 aromatic heterocycles. The van der Waals surface area contributed by atoms with Gasteiger partial charge in [-0.3, -0.25) is 9.52 Å². The van der Waals surface area contributed by atoms with Crippen molar-refractivity contribution < 1.29 is 17.9 Å². The number of aromatic nitrogens is 2. The molecule has 11 heteroatoms. The number of sulfonamides is 1. The summed E-state index contributed by atoms with van der Waals surface area (Å²) in [5, 5.41) is 13.3. The summed E-state index contributed by atoms with van der Waals surface area (Å²) in [6, 6.07) is 31.9. The molecule has 0 saturated carbocycles. The average molecular weight is 608 g/mol. The fourth-order valence-electron chi connectivity index (χ4n) is 4.16. The van der Waals surface area contributed by atoms with E-state index in [0.717, 1.165) is 22.9 Å². The predicted molar refractivity (Wildman–Crippen MR) is 167 cm³/mol. The second-order valence-electron chi connectivity index (χ2n) is 9.12. The molecule has 5 aromatic rings. The Hall–Kier alpha value is -5.18. The summed E-state index contributed by atoms with van der Waals surface area (Å²) in [6.07, 6.45) is 1.49. The molecule has 1 amide bonds. The minimum Gasteiger partial charge on any atom is -0.497 e. The Kier molecular flexibility index (Phi) is 9.00. The van der Waals surface area contributed by atoms with E-state index in [2.05, 4.69) is 21.1 Å². The number of hydrogen-bond donors (Lipinski definition) is 2. The molecular weight excluding hydrogens is 583 g/mol. The van der Waals surface area contributed by atoms with Crippen molar-refractivity contribution in [2.24, 2.45) is 0 Å². The summed E-state index contributed by atoms with van der Waals surface area (Å²) in [4.78, 5) is 21.6. The summed E-state index contributed by atoms with van der Waals surface area (Å²) >= 11 is 1.15. The summed E-state index contributed by atoms with van der Waals surface area (Å²) in [7, 11) is -2.26. The van der Waals surface area contributed by atoms with Crippen LogP contribution in [0.15, 0.2) is 119 Å². The van der Waals surface area contributed by atoms with Gasteiger partial charge in [0.2, 0.25) is 5.91 Å². The molecule has 43 heavy (non-hydrogen) atoms. The number of anilines is 2. The minimum absolute atomic E-state index is 0.0245. The number of ether oxygens (including phenoxy) is 1. The van der Waals surface area contributed by atoms with Crippen LogP contribution in [-0.2, 0) is 14.8 Å². The Morgan fingerprint density at radius 1 is 0.930 bits per heavy atom. The molecule has 0 spiro atoms. The van der Waals surface area contributed by atoms with Crippen LogP contribution in [0.5, 0.6) is 5.75 Å². The molecule has 0 bridgehead atoms. The van der Waals surface area contributed by atoms with E-state index in [4.69, 9.17) is 9.72 Å². The van der Waals surface area contributed by atoms with Crippen molar-refractivity contribution in [1.29, 1.82) is 5.26 Å². The van der Waals surface area contributed by atoms with Crippen molar-refractivity contribution in [1.82, 2.24) is 9.97 Å². The van der Waals surface area contributed by atoms with Crippen LogP contribution in [-0.4, -0.2) is 37.2 Å². The van der Waals surface area contributed by atoms with Gasteiger partial charge in [-0.05, 0) is 60.2 Å². The highest BCUT2D eigenvalue weighted by Gasteiger charge is 2.18. The van der Waals surface area contributed by atoms with Gasteiger partial charge in [0.25, 0.3) is 10.0 Å². The van der Waals surface area contributed by atoms with Crippen LogP contribution in [0.25, 0.3) is 22.4 Å². The molecule has 2 heterocycles. The second-order valence-corrected chi connectivity index (χ2v) is 11.8. The van der Waals surface area contributed by atoms with Gasteiger partial charge in [0, 0.05) is 23.0 Å². The topological polar surface area (TPSA) is 134 Å². The number of carbonyl (C=O) groups excluding carboxylic acids is 1. The summed E-state index contributed by atoms with van der Waals surface area (Å²) < 4.78 is 33.0. The number of nitrogens with one attached hydrogen (secondary N) is 2. The van der Waals surface area contributed by atoms with Crippen molar-refractivity contribution in [2.75, 3.05) is 22.9 Å². The number of benzene rings is 3. The monoisotopic (exact) mass is 607 g/mol. The van der Waals surface area contributed by atoms with Crippen molar-refractivity contribution in [3.63, 3.8) is 0 Å². The smallest absolute Gasteiger partial charge is 0.263 e. The van der Waals surface area contributed by atoms with Gasteiger partial charge in [0.1, 0.15) is 22.7 Å². The van der Waals surface area contributed by atoms with Crippen molar-refractivity contribution in [3.8, 4) is 34.2 Å². The molecule has 0 unspecified atom stereocenters. The first-order valence-corrected chi connectivity index (χ1v) is 15.4. The van der Waals surface area contributed by atoms with Gasteiger partial charge in [-0.1, -0.05) is 60.3 Å². The molecule has 0 aliphatic carbocycles. The Morgan fingerprint density at radius 2 is 1.65 bits per heavy atom. The number of methoxy groups -OCH3 is 1. The maximum atomic E-state index is 12.9. The highest BCUT2D eigenvalue weighted by Crippen LogP contribution is 2.35. The number of thioether (sulfide) groups is 1. The first-order valence-electron chi connectivity index (χ1n) is 13.0. The fraction of sp³-hybridized carbons (Fsp3) is 0.0625. The van der Waals surface area contributed by atoms with E-state index in [1.807, 2.05) is 60.7 Å². The third-order valence-corrected chi connectivity index (χ3v) is 8.61. The summed E-state index contributed by atoms with van der Waals surface area (Å²) in [5.41, 5.74) is 3.84. The van der Waals surface area contributed by atoms with E-state index in [9.17, 15) is 18.5 Å². The van der Waals surface area contributed by atoms with Crippen LogP contribution in [0, 0.1) is 11.3 Å². The van der Waals surface area contributed by atoms with Crippen LogP contribution >= 0.6 is 11.8 Å². The van der Waals surface area contributed by atoms with Crippen LogP contribution in [0.1, 0.15) is 5.56 Å². The zero-order chi connectivity index (χ0) is 30.2. The van der Waals surface area contributed by atoms with Crippen molar-refractivity contribution in [2.45, 2.75) is 9.92 Å². The van der Waals surface area contributed by atoms with Gasteiger partial charge < -0.3 is 10.1 Å². The van der Waals surface area contributed by atoms with E-state index < -0.39 is 10.0 Å². The number of rotatable bonds is 10. The van der Waals surface area contributed by atoms with Crippen molar-refractivity contribution >= 4 is 39.2 Å². The van der Waals surface area contributed by atoms with Gasteiger partial charge in [-0.15, -0.1) is 0 Å². The van der Waals surface area contributed by atoms with E-state index in [1.165, 1.54) is 30.5 Å². The van der Waals surface area contributed by atoms with Crippen LogP contribution in [0.4, 0.5) is 11.5 Å². The minimum atomic E-state index is -3.85. The number of carbonyl (C=O) groups is 1. The zero-order valence-corrected chi connectivity index (χ0v) is 24.5. The maximum Gasteiger partial charge on any atom is 0.263 e. The molecule has 0 radical (unpaired) electrons. The van der Waals surface area contributed by atoms with Gasteiger partial charge in [0.05, 0.1) is 29.0 Å². The van der Waals surface area contributed by atoms with Crippen LogP contribution in [0.3, 0.4) is 0 Å². The third-order valence-electron chi connectivity index (χ3n) is 6.26. The van der Waals surface area contributed by atoms with Gasteiger partial charge in [-0.25, -0.2) is 18.4 Å². The Morgan fingerprint density at radius 3 is 2.30 bits per heavy atom. The highest BCUT2D eigenvalue weighted by atomic mass is 32.2. The number of nitrogens with zero attached hydrogens (tertiary/aromatic N) is 3. The lowest BCUT2D eigenvalue weighted by Gasteiger charge is -2.13. The van der Waals surface area contributed by atoms with E-state index in [1.54, 1.807) is 25.3 Å². The number of nitriles is 1. The van der Waals surface area contributed by atoms with Crippen molar-refractivity contribution in [3.05, 3.63) is 115 Å². The number of amides is 1. The van der Waals surface area contributed by atoms with E-state index >= 15 is 0 Å². The fourth-order valence-corrected chi connectivity index (χ4v) is 5.97. The summed E-state index contributed by atoms with van der Waals surface area (Å²) in [6.45, 7) is 0. The molecule has 3 aromatic carbocycles. The molecule has 0 aliphatic heterocycles. The standard InChI is InChI=1S/C32H25N5O4S2/c1-41-25-14-10-22(11-15-25)27-19-29(23-7-3-2-4-8-23)36-32(28(27)20-33)42-21-31(38)35-24-12-16-26(17-13-24)43(39,40)37-30-9-5-6-18-34-30/h2-19H,21H2,1H3,(H,34,37)(H,35,38). The highest BCUT2D eigenvalue weighted by molar-refractivity contribution is 8.00. The summed E-state index contributed by atoms with van der Waals surface area (Å²) in [5.74, 6) is 0.534. The third kappa shape index (κ3) is 7.19. The van der Waals surface area contributed by atoms with Crippen LogP contribution in [0.2, 0.25) is 0 Å². The molecule has 214 valence electrons. The molecule has 0 saturated heterocycles.